The predicted octanol–water partition coefficient (Wildman–Crippen LogP) is 3.44. The van der Waals surface area contributed by atoms with Crippen LogP contribution in [0.2, 0.25) is 0 Å². The van der Waals surface area contributed by atoms with Crippen LogP contribution in [0.25, 0.3) is 0 Å². The van der Waals surface area contributed by atoms with Gasteiger partial charge >= 0.3 is 0 Å². The molecule has 1 atom stereocenters. The second-order valence-corrected chi connectivity index (χ2v) is 7.63. The molecule has 1 saturated heterocycles. The fraction of sp³-hybridized carbons (Fsp3) is 0.400. The smallest absolute Gasteiger partial charge is 0.219 e. The molecule has 144 valence electrons. The Kier molecular flexibility index (Phi) is 7.21. The lowest BCUT2D eigenvalue weighted by atomic mass is 10.2. The first-order valence-electron chi connectivity index (χ1n) is 9.10. The van der Waals surface area contributed by atoms with Crippen molar-refractivity contribution in [1.29, 1.82) is 0 Å². The Hall–Kier alpha value is -2.41. The molecule has 0 amide bonds. The van der Waals surface area contributed by atoms with Crippen molar-refractivity contribution >= 4 is 17.7 Å². The minimum atomic E-state index is 0.560. The van der Waals surface area contributed by atoms with E-state index in [0.717, 1.165) is 29.6 Å². The highest BCUT2D eigenvalue weighted by molar-refractivity contribution is 8.00. The maximum atomic E-state index is 5.75. The Bertz CT molecular complexity index is 729. The first-order valence-corrected chi connectivity index (χ1v) is 10.1. The molecule has 0 saturated carbocycles. The van der Waals surface area contributed by atoms with E-state index in [1.807, 2.05) is 54.4 Å². The quantitative estimate of drug-likeness (QED) is 0.561. The molecule has 2 N–H and O–H groups in total. The summed E-state index contributed by atoms with van der Waals surface area (Å²) in [6.45, 7) is 1.62. The van der Waals surface area contributed by atoms with Gasteiger partial charge in [-0.2, -0.15) is 11.8 Å². The Morgan fingerprint density at radius 3 is 2.63 bits per heavy atom. The molecule has 0 bridgehead atoms. The molecule has 1 aromatic heterocycles. The van der Waals surface area contributed by atoms with E-state index in [1.54, 1.807) is 14.2 Å². The summed E-state index contributed by atoms with van der Waals surface area (Å²) in [6.07, 6.45) is 4.42. The zero-order valence-electron chi connectivity index (χ0n) is 15.8. The number of thioether (sulfide) groups is 1. The molecule has 7 heteroatoms. The summed E-state index contributed by atoms with van der Waals surface area (Å²) in [5.41, 5.74) is 1.07. The molecule has 0 aliphatic carbocycles. The first-order chi connectivity index (χ1) is 13.3. The Morgan fingerprint density at radius 2 is 2.00 bits per heavy atom. The average Bonchev–Trinajstić information content (AvgIpc) is 3.23. The molecule has 2 heterocycles. The highest BCUT2D eigenvalue weighted by atomic mass is 32.2. The molecule has 0 spiro atoms. The summed E-state index contributed by atoms with van der Waals surface area (Å²) >= 11 is 2.04. The number of nitrogens with zero attached hydrogens (tertiary/aromatic N) is 2. The van der Waals surface area contributed by atoms with E-state index < -0.39 is 0 Å². The number of methoxy groups -OCH3 is 1. The van der Waals surface area contributed by atoms with E-state index in [0.29, 0.717) is 17.7 Å². The van der Waals surface area contributed by atoms with Gasteiger partial charge in [0.15, 0.2) is 5.96 Å². The molecular weight excluding hydrogens is 360 g/mol. The number of nitrogens with one attached hydrogen (secondary N) is 2. The van der Waals surface area contributed by atoms with Crippen LogP contribution in [-0.4, -0.2) is 42.6 Å². The van der Waals surface area contributed by atoms with Gasteiger partial charge in [0, 0.05) is 37.7 Å². The SMILES string of the molecule is CN=C(NCc1ccc(Oc2ccc(OC)cc2)nc1)NCC1CCCS1. The summed E-state index contributed by atoms with van der Waals surface area (Å²) in [7, 11) is 3.43. The number of benzene rings is 1. The van der Waals surface area contributed by atoms with E-state index in [1.165, 1.54) is 18.6 Å². The van der Waals surface area contributed by atoms with Gasteiger partial charge in [0.05, 0.1) is 7.11 Å². The van der Waals surface area contributed by atoms with Crippen LogP contribution in [0.3, 0.4) is 0 Å². The van der Waals surface area contributed by atoms with Crippen LogP contribution in [0.15, 0.2) is 47.6 Å². The van der Waals surface area contributed by atoms with Crippen LogP contribution in [0.4, 0.5) is 0 Å². The van der Waals surface area contributed by atoms with E-state index >= 15 is 0 Å². The number of aromatic nitrogens is 1. The minimum absolute atomic E-state index is 0.560. The van der Waals surface area contributed by atoms with E-state index in [2.05, 4.69) is 20.6 Å². The molecule has 1 unspecified atom stereocenters. The topological polar surface area (TPSA) is 67.8 Å². The summed E-state index contributed by atoms with van der Waals surface area (Å²) in [4.78, 5) is 8.65. The number of pyridine rings is 1. The van der Waals surface area contributed by atoms with Crippen molar-refractivity contribution in [1.82, 2.24) is 15.6 Å². The van der Waals surface area contributed by atoms with Crippen LogP contribution >= 0.6 is 11.8 Å². The number of ether oxygens (including phenoxy) is 2. The molecule has 2 aromatic rings. The molecule has 6 nitrogen and oxygen atoms in total. The number of hydrogen-bond acceptors (Lipinski definition) is 5. The van der Waals surface area contributed by atoms with E-state index in [4.69, 9.17) is 9.47 Å². The van der Waals surface area contributed by atoms with Crippen molar-refractivity contribution < 1.29 is 9.47 Å². The lowest BCUT2D eigenvalue weighted by Crippen LogP contribution is -2.39. The third kappa shape index (κ3) is 6.06. The molecule has 27 heavy (non-hydrogen) atoms. The van der Waals surface area contributed by atoms with Crippen molar-refractivity contribution in [3.05, 3.63) is 48.2 Å². The maximum Gasteiger partial charge on any atom is 0.219 e. The van der Waals surface area contributed by atoms with Gasteiger partial charge in [0.25, 0.3) is 0 Å². The minimum Gasteiger partial charge on any atom is -0.497 e. The van der Waals surface area contributed by atoms with Crippen LogP contribution in [-0.2, 0) is 6.54 Å². The number of guanidine groups is 1. The molecular formula is C20H26N4O2S. The zero-order chi connectivity index (χ0) is 18.9. The van der Waals surface area contributed by atoms with Gasteiger partial charge in [-0.05, 0) is 48.4 Å². The molecule has 1 aromatic carbocycles. The molecule has 1 fully saturated rings. The Balaban J connectivity index is 1.46. The van der Waals surface area contributed by atoms with Gasteiger partial charge in [-0.1, -0.05) is 6.07 Å². The number of rotatable bonds is 7. The van der Waals surface area contributed by atoms with Gasteiger partial charge in [0.2, 0.25) is 5.88 Å². The molecule has 3 rings (SSSR count). The standard InChI is InChI=1S/C20H26N4O2S/c1-21-20(24-14-18-4-3-11-27-18)23-13-15-5-10-19(22-12-15)26-17-8-6-16(25-2)7-9-17/h5-10,12,18H,3-4,11,13-14H2,1-2H3,(H2,21,23,24). The molecule has 0 radical (unpaired) electrons. The van der Waals surface area contributed by atoms with Gasteiger partial charge in [-0.25, -0.2) is 4.98 Å². The van der Waals surface area contributed by atoms with E-state index in [-0.39, 0.29) is 0 Å². The normalized spacial score (nSPS) is 16.8. The maximum absolute atomic E-state index is 5.75. The van der Waals surface area contributed by atoms with Crippen molar-refractivity contribution in [3.8, 4) is 17.4 Å². The van der Waals surface area contributed by atoms with E-state index in [9.17, 15) is 0 Å². The van der Waals surface area contributed by atoms with Crippen LogP contribution in [0.1, 0.15) is 18.4 Å². The summed E-state index contributed by atoms with van der Waals surface area (Å²) in [5, 5.41) is 7.42. The Labute approximate surface area is 164 Å². The van der Waals surface area contributed by atoms with Gasteiger partial charge < -0.3 is 20.1 Å². The van der Waals surface area contributed by atoms with Crippen LogP contribution < -0.4 is 20.1 Å². The number of hydrogen-bond donors (Lipinski definition) is 2. The summed E-state index contributed by atoms with van der Waals surface area (Å²) in [6, 6.07) is 11.3. The molecule has 1 aliphatic rings. The lowest BCUT2D eigenvalue weighted by Gasteiger charge is -2.14. The van der Waals surface area contributed by atoms with Crippen LogP contribution in [0.5, 0.6) is 17.4 Å². The lowest BCUT2D eigenvalue weighted by molar-refractivity contribution is 0.412. The van der Waals surface area contributed by atoms with Crippen molar-refractivity contribution in [2.45, 2.75) is 24.6 Å². The summed E-state index contributed by atoms with van der Waals surface area (Å²) in [5.74, 6) is 4.18. The average molecular weight is 387 g/mol. The first kappa shape index (κ1) is 19.4. The second-order valence-electron chi connectivity index (χ2n) is 6.22. The fourth-order valence-corrected chi connectivity index (χ4v) is 3.96. The third-order valence-electron chi connectivity index (χ3n) is 4.28. The summed E-state index contributed by atoms with van der Waals surface area (Å²) < 4.78 is 10.9. The zero-order valence-corrected chi connectivity index (χ0v) is 16.6. The monoisotopic (exact) mass is 386 g/mol. The second kappa shape index (κ2) is 10.1. The molecule has 1 aliphatic heterocycles. The highest BCUT2D eigenvalue weighted by Crippen LogP contribution is 2.25. The van der Waals surface area contributed by atoms with Crippen molar-refractivity contribution in [3.63, 3.8) is 0 Å². The largest absolute Gasteiger partial charge is 0.497 e. The van der Waals surface area contributed by atoms with Crippen molar-refractivity contribution in [2.24, 2.45) is 4.99 Å². The fourth-order valence-electron chi connectivity index (χ4n) is 2.76. The third-order valence-corrected chi connectivity index (χ3v) is 5.68. The van der Waals surface area contributed by atoms with Crippen molar-refractivity contribution in [2.75, 3.05) is 26.5 Å². The number of aliphatic imine (C=N–C) groups is 1. The van der Waals surface area contributed by atoms with Gasteiger partial charge in [-0.3, -0.25) is 4.99 Å². The van der Waals surface area contributed by atoms with Gasteiger partial charge in [-0.15, -0.1) is 0 Å². The van der Waals surface area contributed by atoms with Gasteiger partial charge in [0.1, 0.15) is 11.5 Å². The predicted molar refractivity (Wildman–Crippen MR) is 111 cm³/mol. The Morgan fingerprint density at radius 1 is 1.19 bits per heavy atom. The highest BCUT2D eigenvalue weighted by Gasteiger charge is 2.15. The van der Waals surface area contributed by atoms with Crippen LogP contribution in [0, 0.1) is 0 Å².